The van der Waals surface area contributed by atoms with E-state index in [-0.39, 0.29) is 14.1 Å². The van der Waals surface area contributed by atoms with Gasteiger partial charge in [0.05, 0.1) is 0 Å². The van der Waals surface area contributed by atoms with Gasteiger partial charge in [0.15, 0.2) is 0 Å². The molecule has 1 aromatic rings. The second-order valence-electron chi connectivity index (χ2n) is 5.14. The van der Waals surface area contributed by atoms with Crippen molar-refractivity contribution in [1.29, 1.82) is 0 Å². The number of benzene rings is 1. The first-order valence-corrected chi connectivity index (χ1v) is 9.63. The van der Waals surface area contributed by atoms with Gasteiger partial charge in [0.1, 0.15) is 0 Å². The second kappa shape index (κ2) is 6.48. The maximum atomic E-state index is 2.48. The van der Waals surface area contributed by atoms with Gasteiger partial charge in [-0.15, -0.1) is 0 Å². The fraction of sp³-hybridized carbons (Fsp3) is 0.600. The van der Waals surface area contributed by atoms with Crippen LogP contribution in [-0.2, 0) is 6.42 Å². The van der Waals surface area contributed by atoms with Crippen molar-refractivity contribution >= 4 is 19.8 Å². The molecule has 0 aliphatic carbocycles. The SMILES string of the molecule is CCN(CC)c1ccccc1C[CH2][Al]1[CH2]C[CH2]1. The fourth-order valence-electron chi connectivity index (χ4n) is 2.74. The maximum absolute atomic E-state index is 2.48. The lowest BCUT2D eigenvalue weighted by molar-refractivity contribution is 0.851. The van der Waals surface area contributed by atoms with Crippen molar-refractivity contribution in [1.82, 2.24) is 0 Å². The molecule has 0 atom stereocenters. The zero-order chi connectivity index (χ0) is 12.1. The highest BCUT2D eigenvalue weighted by Crippen LogP contribution is 2.27. The molecular weight excluding hydrogens is 221 g/mol. The Morgan fingerprint density at radius 1 is 1.12 bits per heavy atom. The van der Waals surface area contributed by atoms with Crippen molar-refractivity contribution in [2.24, 2.45) is 0 Å². The molecule has 0 N–H and O–H groups in total. The third-order valence-corrected chi connectivity index (χ3v) is 7.70. The van der Waals surface area contributed by atoms with Gasteiger partial charge >= 0.3 is 0 Å². The van der Waals surface area contributed by atoms with Crippen molar-refractivity contribution in [2.45, 2.75) is 42.5 Å². The van der Waals surface area contributed by atoms with E-state index in [4.69, 9.17) is 0 Å². The van der Waals surface area contributed by atoms with Crippen LogP contribution in [0.15, 0.2) is 24.3 Å². The largest absolute Gasteiger partial charge is 0.372 e. The normalized spacial score (nSPS) is 14.6. The first-order chi connectivity index (χ1) is 8.35. The van der Waals surface area contributed by atoms with E-state index in [0.29, 0.717) is 0 Å². The Bertz CT molecular complexity index is 343. The Balaban J connectivity index is 2.03. The van der Waals surface area contributed by atoms with Gasteiger partial charge < -0.3 is 4.90 Å². The molecule has 92 valence electrons. The Hall–Kier alpha value is -0.448. The van der Waals surface area contributed by atoms with Crippen molar-refractivity contribution in [3.05, 3.63) is 29.8 Å². The molecule has 17 heavy (non-hydrogen) atoms. The van der Waals surface area contributed by atoms with Crippen LogP contribution < -0.4 is 4.90 Å². The summed E-state index contributed by atoms with van der Waals surface area (Å²) < 4.78 is 0. The average molecular weight is 245 g/mol. The molecule has 1 nitrogen and oxygen atoms in total. The minimum Gasteiger partial charge on any atom is -0.372 e. The Morgan fingerprint density at radius 3 is 2.41 bits per heavy atom. The Morgan fingerprint density at radius 2 is 1.82 bits per heavy atom. The zero-order valence-corrected chi connectivity index (χ0v) is 12.4. The molecule has 1 fully saturated rings. The number of rotatable bonds is 6. The summed E-state index contributed by atoms with van der Waals surface area (Å²) in [5.41, 5.74) is 3.06. The van der Waals surface area contributed by atoms with Crippen molar-refractivity contribution in [2.75, 3.05) is 18.0 Å². The third-order valence-electron chi connectivity index (χ3n) is 4.14. The number of hydrogen-bond acceptors (Lipinski definition) is 1. The first-order valence-electron chi connectivity index (χ1n) is 7.18. The number of para-hydroxylation sites is 1. The molecule has 1 aliphatic heterocycles. The van der Waals surface area contributed by atoms with E-state index in [1.807, 2.05) is 0 Å². The van der Waals surface area contributed by atoms with E-state index in [9.17, 15) is 0 Å². The number of nitrogens with zero attached hydrogens (tertiary/aromatic N) is 1. The standard InChI is InChI=1S/C12H18N.C3H6.Al/c1-4-11-9-7-8-10-12(11)13(5-2)6-3;1-3-2;/h7-10H,1,4-6H2,2-3H3;1-3H2;. The monoisotopic (exact) mass is 245 g/mol. The van der Waals surface area contributed by atoms with Crippen LogP contribution in [0, 0.1) is 0 Å². The van der Waals surface area contributed by atoms with Crippen molar-refractivity contribution in [3.8, 4) is 0 Å². The molecule has 1 saturated heterocycles. The highest BCUT2D eigenvalue weighted by atomic mass is 27.2. The summed E-state index contributed by atoms with van der Waals surface area (Å²) in [6, 6.07) is 9.01. The van der Waals surface area contributed by atoms with Crippen LogP contribution in [0.25, 0.3) is 0 Å². The highest BCUT2D eigenvalue weighted by Gasteiger charge is 2.24. The lowest BCUT2D eigenvalue weighted by atomic mass is 10.1. The summed E-state index contributed by atoms with van der Waals surface area (Å²) >= 11 is -0.259. The third kappa shape index (κ3) is 3.27. The molecule has 0 aromatic heterocycles. The maximum Gasteiger partial charge on any atom is 0.262 e. The van der Waals surface area contributed by atoms with Crippen molar-refractivity contribution in [3.63, 3.8) is 0 Å². The highest BCUT2D eigenvalue weighted by molar-refractivity contribution is 6.61. The van der Waals surface area contributed by atoms with Gasteiger partial charge in [-0.2, -0.15) is 0 Å². The van der Waals surface area contributed by atoms with Gasteiger partial charge in [-0.1, -0.05) is 40.5 Å². The minimum atomic E-state index is -0.259. The molecular formula is C15H24AlN. The van der Waals surface area contributed by atoms with Gasteiger partial charge in [-0.05, 0) is 31.9 Å². The number of anilines is 1. The summed E-state index contributed by atoms with van der Waals surface area (Å²) in [5.74, 6) is 0. The van der Waals surface area contributed by atoms with Crippen molar-refractivity contribution < 1.29 is 0 Å². The predicted molar refractivity (Wildman–Crippen MR) is 78.5 cm³/mol. The van der Waals surface area contributed by atoms with Gasteiger partial charge in [-0.25, -0.2) is 0 Å². The molecule has 1 heterocycles. The smallest absolute Gasteiger partial charge is 0.262 e. The van der Waals surface area contributed by atoms with Crippen LogP contribution in [0.3, 0.4) is 0 Å². The molecule has 0 saturated carbocycles. The van der Waals surface area contributed by atoms with Crippen LogP contribution in [0.1, 0.15) is 25.8 Å². The van der Waals surface area contributed by atoms with E-state index >= 15 is 0 Å². The lowest BCUT2D eigenvalue weighted by Gasteiger charge is -2.25. The first kappa shape index (κ1) is 13.0. The van der Waals surface area contributed by atoms with Gasteiger partial charge in [0.2, 0.25) is 0 Å². The zero-order valence-electron chi connectivity index (χ0n) is 11.3. The topological polar surface area (TPSA) is 3.24 Å². The molecule has 0 unspecified atom stereocenters. The molecule has 0 spiro atoms. The Labute approximate surface area is 110 Å². The number of aryl methyl sites for hydroxylation is 1. The molecule has 2 heteroatoms. The van der Waals surface area contributed by atoms with E-state index in [2.05, 4.69) is 43.0 Å². The number of hydrogen-bond donors (Lipinski definition) is 0. The minimum absolute atomic E-state index is 0.259. The summed E-state index contributed by atoms with van der Waals surface area (Å²) in [6.07, 6.45) is 2.85. The molecule has 1 aromatic carbocycles. The van der Waals surface area contributed by atoms with E-state index in [1.54, 1.807) is 16.1 Å². The summed E-state index contributed by atoms with van der Waals surface area (Å²) in [4.78, 5) is 2.48. The van der Waals surface area contributed by atoms with Gasteiger partial charge in [-0.3, -0.25) is 0 Å². The van der Waals surface area contributed by atoms with Crippen LogP contribution in [0.4, 0.5) is 5.69 Å². The molecule has 1 aliphatic rings. The molecule has 0 radical (unpaired) electrons. The van der Waals surface area contributed by atoms with Gasteiger partial charge in [0.25, 0.3) is 14.1 Å². The molecule has 0 bridgehead atoms. The van der Waals surface area contributed by atoms with Gasteiger partial charge in [0, 0.05) is 18.8 Å². The van der Waals surface area contributed by atoms with E-state index in [1.165, 1.54) is 23.8 Å². The predicted octanol–water partition coefficient (Wildman–Crippen LogP) is 3.97. The summed E-state index contributed by atoms with van der Waals surface area (Å²) in [5, 5.41) is 4.74. The fourth-order valence-corrected chi connectivity index (χ4v) is 5.02. The Kier molecular flexibility index (Phi) is 4.95. The van der Waals surface area contributed by atoms with E-state index in [0.717, 1.165) is 13.1 Å². The molecule has 2 rings (SSSR count). The average Bonchev–Trinajstić information content (AvgIpc) is 2.30. The quantitative estimate of drug-likeness (QED) is 0.685. The molecule has 0 amide bonds. The second-order valence-corrected chi connectivity index (χ2v) is 8.60. The van der Waals surface area contributed by atoms with Crippen LogP contribution >= 0.6 is 0 Å². The summed E-state index contributed by atoms with van der Waals surface area (Å²) in [7, 11) is 0. The van der Waals surface area contributed by atoms with Crippen LogP contribution in [0.2, 0.25) is 15.8 Å². The van der Waals surface area contributed by atoms with E-state index < -0.39 is 0 Å². The van der Waals surface area contributed by atoms with Crippen LogP contribution in [0.5, 0.6) is 0 Å². The van der Waals surface area contributed by atoms with Crippen LogP contribution in [-0.4, -0.2) is 27.2 Å². The summed E-state index contributed by atoms with van der Waals surface area (Å²) in [6.45, 7) is 6.74. The lowest BCUT2D eigenvalue weighted by Crippen LogP contribution is -2.24.